The third-order valence-electron chi connectivity index (χ3n) is 2.91. The fourth-order valence-electron chi connectivity index (χ4n) is 2.04. The molecule has 0 bridgehead atoms. The second kappa shape index (κ2) is 3.66. The van der Waals surface area contributed by atoms with E-state index in [-0.39, 0.29) is 12.1 Å². The van der Waals surface area contributed by atoms with E-state index in [0.29, 0.717) is 11.3 Å². The Morgan fingerprint density at radius 2 is 2.06 bits per heavy atom. The van der Waals surface area contributed by atoms with E-state index in [1.165, 1.54) is 0 Å². The van der Waals surface area contributed by atoms with Crippen molar-refractivity contribution in [1.29, 1.82) is 0 Å². The molecule has 1 aliphatic rings. The van der Waals surface area contributed by atoms with Crippen molar-refractivity contribution < 1.29 is 9.21 Å². The number of carbonyl (C=O) groups excluding carboxylic acids is 1. The van der Waals surface area contributed by atoms with Crippen LogP contribution in [0.4, 0.5) is 5.69 Å². The highest BCUT2D eigenvalue weighted by Gasteiger charge is 2.26. The first kappa shape index (κ1) is 9.96. The Labute approximate surface area is 98.6 Å². The molecule has 0 aliphatic carbocycles. The molecule has 1 aromatic heterocycles. The van der Waals surface area contributed by atoms with Crippen LogP contribution in [0.2, 0.25) is 0 Å². The fourth-order valence-corrected chi connectivity index (χ4v) is 2.04. The number of nitrogens with one attached hydrogen (secondary N) is 2. The molecule has 1 amide bonds. The van der Waals surface area contributed by atoms with Crippen LogP contribution >= 0.6 is 0 Å². The number of benzene rings is 1. The molecule has 0 saturated heterocycles. The van der Waals surface area contributed by atoms with Gasteiger partial charge in [0.15, 0.2) is 6.17 Å². The SMILES string of the molecule is Cc1cccc2c1NC(c1ccco1)NC2=O. The second-order valence-electron chi connectivity index (χ2n) is 4.06. The molecule has 1 atom stereocenters. The number of aryl methyl sites for hydroxylation is 1. The molecule has 0 spiro atoms. The van der Waals surface area contributed by atoms with E-state index in [4.69, 9.17) is 4.42 Å². The Balaban J connectivity index is 2.03. The quantitative estimate of drug-likeness (QED) is 0.788. The van der Waals surface area contributed by atoms with Crippen LogP contribution in [-0.4, -0.2) is 5.91 Å². The maximum atomic E-state index is 12.0. The van der Waals surface area contributed by atoms with Gasteiger partial charge in [0.05, 0.1) is 17.5 Å². The van der Waals surface area contributed by atoms with Gasteiger partial charge in [0, 0.05) is 0 Å². The van der Waals surface area contributed by atoms with Gasteiger partial charge in [0.1, 0.15) is 5.76 Å². The van der Waals surface area contributed by atoms with Crippen LogP contribution < -0.4 is 10.6 Å². The molecular weight excluding hydrogens is 216 g/mol. The standard InChI is InChI=1S/C13H12N2O2/c1-8-4-2-5-9-11(8)14-12(15-13(9)16)10-6-3-7-17-10/h2-7,12,14H,1H3,(H,15,16). The minimum Gasteiger partial charge on any atom is -0.465 e. The lowest BCUT2D eigenvalue weighted by Gasteiger charge is -2.27. The Bertz CT molecular complexity index is 561. The van der Waals surface area contributed by atoms with E-state index in [9.17, 15) is 4.79 Å². The summed E-state index contributed by atoms with van der Waals surface area (Å²) in [5.74, 6) is 0.621. The Kier molecular flexibility index (Phi) is 2.14. The minimum atomic E-state index is -0.300. The van der Waals surface area contributed by atoms with Crippen molar-refractivity contribution in [2.45, 2.75) is 13.1 Å². The number of furan rings is 1. The van der Waals surface area contributed by atoms with Crippen molar-refractivity contribution in [2.75, 3.05) is 5.32 Å². The normalized spacial score (nSPS) is 18.2. The van der Waals surface area contributed by atoms with Crippen LogP contribution in [0, 0.1) is 6.92 Å². The summed E-state index contributed by atoms with van der Waals surface area (Å²) in [5, 5.41) is 6.13. The van der Waals surface area contributed by atoms with Gasteiger partial charge in [0.2, 0.25) is 0 Å². The number of para-hydroxylation sites is 1. The molecule has 1 aromatic carbocycles. The molecule has 1 unspecified atom stereocenters. The zero-order valence-corrected chi connectivity index (χ0v) is 9.36. The number of carbonyl (C=O) groups is 1. The van der Waals surface area contributed by atoms with Crippen molar-refractivity contribution in [2.24, 2.45) is 0 Å². The van der Waals surface area contributed by atoms with Crippen molar-refractivity contribution >= 4 is 11.6 Å². The summed E-state index contributed by atoms with van der Waals surface area (Å²) in [6.45, 7) is 1.98. The number of anilines is 1. The summed E-state index contributed by atoms with van der Waals surface area (Å²) in [6, 6.07) is 9.30. The lowest BCUT2D eigenvalue weighted by atomic mass is 10.0. The van der Waals surface area contributed by atoms with Crippen LogP contribution in [0.5, 0.6) is 0 Å². The average Bonchev–Trinajstić information content (AvgIpc) is 2.84. The van der Waals surface area contributed by atoms with Gasteiger partial charge < -0.3 is 15.1 Å². The van der Waals surface area contributed by atoms with E-state index in [2.05, 4.69) is 10.6 Å². The monoisotopic (exact) mass is 228 g/mol. The number of hydrogen-bond acceptors (Lipinski definition) is 3. The van der Waals surface area contributed by atoms with Crippen LogP contribution in [-0.2, 0) is 0 Å². The Morgan fingerprint density at radius 3 is 2.82 bits per heavy atom. The molecule has 0 fully saturated rings. The van der Waals surface area contributed by atoms with Gasteiger partial charge in [-0.3, -0.25) is 4.79 Å². The first-order chi connectivity index (χ1) is 8.25. The highest BCUT2D eigenvalue weighted by atomic mass is 16.3. The van der Waals surface area contributed by atoms with Crippen molar-refractivity contribution in [3.05, 3.63) is 53.5 Å². The zero-order chi connectivity index (χ0) is 11.8. The van der Waals surface area contributed by atoms with Crippen LogP contribution in [0.1, 0.15) is 27.8 Å². The summed E-state index contributed by atoms with van der Waals surface area (Å²) in [7, 11) is 0. The molecule has 4 heteroatoms. The van der Waals surface area contributed by atoms with Gasteiger partial charge in [0.25, 0.3) is 5.91 Å². The Morgan fingerprint density at radius 1 is 1.18 bits per heavy atom. The molecular formula is C13H12N2O2. The molecule has 4 nitrogen and oxygen atoms in total. The van der Waals surface area contributed by atoms with Gasteiger partial charge in [-0.15, -0.1) is 0 Å². The summed E-state index contributed by atoms with van der Waals surface area (Å²) in [5.41, 5.74) is 2.60. The molecule has 86 valence electrons. The van der Waals surface area contributed by atoms with Crippen LogP contribution in [0.3, 0.4) is 0 Å². The van der Waals surface area contributed by atoms with E-state index >= 15 is 0 Å². The van der Waals surface area contributed by atoms with E-state index in [0.717, 1.165) is 11.3 Å². The summed E-state index contributed by atoms with van der Waals surface area (Å²) >= 11 is 0. The lowest BCUT2D eigenvalue weighted by molar-refractivity contribution is 0.0931. The van der Waals surface area contributed by atoms with Crippen LogP contribution in [0.25, 0.3) is 0 Å². The highest BCUT2D eigenvalue weighted by Crippen LogP contribution is 2.29. The predicted octanol–water partition coefficient (Wildman–Crippen LogP) is 2.44. The number of rotatable bonds is 1. The molecule has 0 saturated carbocycles. The number of fused-ring (bicyclic) bond motifs is 1. The first-order valence-electron chi connectivity index (χ1n) is 5.46. The summed E-state index contributed by atoms with van der Waals surface area (Å²) < 4.78 is 5.30. The van der Waals surface area contributed by atoms with Gasteiger partial charge in [-0.25, -0.2) is 0 Å². The molecule has 1 aliphatic heterocycles. The molecule has 2 N–H and O–H groups in total. The minimum absolute atomic E-state index is 0.0798. The predicted molar refractivity (Wildman–Crippen MR) is 63.7 cm³/mol. The zero-order valence-electron chi connectivity index (χ0n) is 9.36. The molecule has 2 heterocycles. The van der Waals surface area contributed by atoms with Crippen molar-refractivity contribution in [3.63, 3.8) is 0 Å². The van der Waals surface area contributed by atoms with Crippen molar-refractivity contribution in [1.82, 2.24) is 5.32 Å². The average molecular weight is 228 g/mol. The largest absolute Gasteiger partial charge is 0.465 e. The maximum Gasteiger partial charge on any atom is 0.255 e. The third-order valence-corrected chi connectivity index (χ3v) is 2.91. The topological polar surface area (TPSA) is 54.3 Å². The number of hydrogen-bond donors (Lipinski definition) is 2. The smallest absolute Gasteiger partial charge is 0.255 e. The van der Waals surface area contributed by atoms with E-state index in [1.807, 2.05) is 31.2 Å². The lowest BCUT2D eigenvalue weighted by Crippen LogP contribution is -2.38. The van der Waals surface area contributed by atoms with E-state index in [1.54, 1.807) is 12.3 Å². The van der Waals surface area contributed by atoms with Gasteiger partial charge in [-0.1, -0.05) is 12.1 Å². The number of amides is 1. The maximum absolute atomic E-state index is 12.0. The van der Waals surface area contributed by atoms with E-state index < -0.39 is 0 Å². The fraction of sp³-hybridized carbons (Fsp3) is 0.154. The van der Waals surface area contributed by atoms with Gasteiger partial charge in [-0.05, 0) is 30.7 Å². The van der Waals surface area contributed by atoms with Gasteiger partial charge in [-0.2, -0.15) is 0 Å². The molecule has 17 heavy (non-hydrogen) atoms. The second-order valence-corrected chi connectivity index (χ2v) is 4.06. The van der Waals surface area contributed by atoms with Crippen LogP contribution in [0.15, 0.2) is 41.0 Å². The summed E-state index contributed by atoms with van der Waals surface area (Å²) in [4.78, 5) is 12.0. The Hall–Kier alpha value is -2.23. The van der Waals surface area contributed by atoms with Crippen molar-refractivity contribution in [3.8, 4) is 0 Å². The summed E-state index contributed by atoms with van der Waals surface area (Å²) in [6.07, 6.45) is 1.29. The molecule has 2 aromatic rings. The molecule has 3 rings (SSSR count). The third kappa shape index (κ3) is 1.58. The first-order valence-corrected chi connectivity index (χ1v) is 5.46. The highest BCUT2D eigenvalue weighted by molar-refractivity contribution is 6.02. The van der Waals surface area contributed by atoms with Gasteiger partial charge >= 0.3 is 0 Å². The molecule has 0 radical (unpaired) electrons.